The van der Waals surface area contributed by atoms with Crippen LogP contribution in [0.2, 0.25) is 5.02 Å². The van der Waals surface area contributed by atoms with Gasteiger partial charge in [0.25, 0.3) is 0 Å². The maximum Gasteiger partial charge on any atom is 0.224 e. The van der Waals surface area contributed by atoms with E-state index in [0.29, 0.717) is 35.3 Å². The third-order valence-corrected chi connectivity index (χ3v) is 5.33. The minimum atomic E-state index is -0.0722. The Labute approximate surface area is 185 Å². The summed E-state index contributed by atoms with van der Waals surface area (Å²) in [5.41, 5.74) is 4.87. The van der Waals surface area contributed by atoms with Crippen LogP contribution in [0.3, 0.4) is 0 Å². The molecule has 2 N–H and O–H groups in total. The first kappa shape index (κ1) is 20.8. The Morgan fingerprint density at radius 3 is 2.58 bits per heavy atom. The number of amides is 1. The first-order valence-corrected chi connectivity index (χ1v) is 10.4. The van der Waals surface area contributed by atoms with Gasteiger partial charge in [0.15, 0.2) is 11.5 Å². The molecular weight excluding hydrogens is 412 g/mol. The second-order valence-electron chi connectivity index (χ2n) is 7.43. The zero-order valence-corrected chi connectivity index (χ0v) is 18.1. The summed E-state index contributed by atoms with van der Waals surface area (Å²) in [5, 5.41) is 19.8. The van der Waals surface area contributed by atoms with Crippen LogP contribution in [0, 0.1) is 13.8 Å². The zero-order valence-electron chi connectivity index (χ0n) is 17.4. The van der Waals surface area contributed by atoms with E-state index >= 15 is 0 Å². The third-order valence-electron chi connectivity index (χ3n) is 5.08. The lowest BCUT2D eigenvalue weighted by Gasteiger charge is -2.08. The Bertz CT molecular complexity index is 1220. The van der Waals surface area contributed by atoms with Gasteiger partial charge in [0.2, 0.25) is 5.91 Å². The summed E-state index contributed by atoms with van der Waals surface area (Å²) in [4.78, 5) is 12.4. The van der Waals surface area contributed by atoms with Crippen molar-refractivity contribution < 1.29 is 4.79 Å². The highest BCUT2D eigenvalue weighted by atomic mass is 35.5. The van der Waals surface area contributed by atoms with Gasteiger partial charge in [-0.05, 0) is 66.9 Å². The van der Waals surface area contributed by atoms with Gasteiger partial charge < -0.3 is 10.6 Å². The fourth-order valence-corrected chi connectivity index (χ4v) is 3.27. The van der Waals surface area contributed by atoms with Gasteiger partial charge in [0.05, 0.1) is 0 Å². The number of fused-ring (bicyclic) bond motifs is 1. The van der Waals surface area contributed by atoms with Gasteiger partial charge >= 0.3 is 0 Å². The highest BCUT2D eigenvalue weighted by Gasteiger charge is 2.11. The minimum absolute atomic E-state index is 0.0722. The molecule has 0 radical (unpaired) electrons. The lowest BCUT2D eigenvalue weighted by atomic mass is 10.1. The van der Waals surface area contributed by atoms with Crippen LogP contribution in [0.15, 0.2) is 54.6 Å². The van der Waals surface area contributed by atoms with Crippen LogP contribution >= 0.6 is 11.6 Å². The summed E-state index contributed by atoms with van der Waals surface area (Å²) in [6.45, 7) is 4.69. The SMILES string of the molecule is Cc1ccc(NC(=O)CCc2nnc3ccc(NCc4ccc(Cl)cc4)nn23)cc1C. The van der Waals surface area contributed by atoms with Crippen molar-refractivity contribution >= 4 is 34.7 Å². The fraction of sp³-hybridized carbons (Fsp3) is 0.217. The predicted molar refractivity (Wildman–Crippen MR) is 122 cm³/mol. The van der Waals surface area contributed by atoms with E-state index in [0.717, 1.165) is 16.8 Å². The number of aryl methyl sites for hydroxylation is 3. The summed E-state index contributed by atoms with van der Waals surface area (Å²) in [6.07, 6.45) is 0.726. The van der Waals surface area contributed by atoms with Crippen LogP contribution in [0.5, 0.6) is 0 Å². The van der Waals surface area contributed by atoms with Crippen LogP contribution < -0.4 is 10.6 Å². The second-order valence-corrected chi connectivity index (χ2v) is 7.87. The molecule has 0 fully saturated rings. The van der Waals surface area contributed by atoms with Gasteiger partial charge in [0.1, 0.15) is 5.82 Å². The van der Waals surface area contributed by atoms with Crippen LogP contribution in [0.25, 0.3) is 5.65 Å². The quantitative estimate of drug-likeness (QED) is 0.445. The molecule has 0 saturated carbocycles. The smallest absolute Gasteiger partial charge is 0.224 e. The summed E-state index contributed by atoms with van der Waals surface area (Å²) in [7, 11) is 0. The molecule has 4 rings (SSSR count). The van der Waals surface area contributed by atoms with Crippen molar-refractivity contribution in [1.82, 2.24) is 19.8 Å². The average Bonchev–Trinajstić information content (AvgIpc) is 3.17. The van der Waals surface area contributed by atoms with Gasteiger partial charge in [-0.15, -0.1) is 15.3 Å². The molecule has 7 nitrogen and oxygen atoms in total. The predicted octanol–water partition coefficient (Wildman–Crippen LogP) is 4.58. The normalized spacial score (nSPS) is 10.9. The molecule has 31 heavy (non-hydrogen) atoms. The van der Waals surface area contributed by atoms with Crippen molar-refractivity contribution in [3.05, 3.63) is 82.1 Å². The standard InChI is InChI=1S/C23H23ClN6O/c1-15-3-8-19(13-16(15)2)26-23(31)12-11-22-28-27-21-10-9-20(29-30(21)22)25-14-17-4-6-18(24)7-5-17/h3-10,13H,11-12,14H2,1-2H3,(H,25,29)(H,26,31). The second kappa shape index (κ2) is 9.14. The monoisotopic (exact) mass is 434 g/mol. The molecule has 4 aromatic rings. The molecule has 2 heterocycles. The van der Waals surface area contributed by atoms with Gasteiger partial charge in [-0.25, -0.2) is 0 Å². The molecule has 0 aliphatic heterocycles. The summed E-state index contributed by atoms with van der Waals surface area (Å²) in [5.74, 6) is 1.26. The number of rotatable bonds is 7. The minimum Gasteiger partial charge on any atom is -0.365 e. The largest absolute Gasteiger partial charge is 0.365 e. The molecular formula is C23H23ClN6O. The van der Waals surface area contributed by atoms with E-state index in [1.165, 1.54) is 5.56 Å². The van der Waals surface area contributed by atoms with E-state index in [1.807, 2.05) is 68.4 Å². The van der Waals surface area contributed by atoms with Gasteiger partial charge in [-0.2, -0.15) is 4.52 Å². The number of carbonyl (C=O) groups excluding carboxylic acids is 1. The summed E-state index contributed by atoms with van der Waals surface area (Å²) >= 11 is 5.93. The number of hydrogen-bond acceptors (Lipinski definition) is 5. The van der Waals surface area contributed by atoms with E-state index in [9.17, 15) is 4.79 Å². The summed E-state index contributed by atoms with van der Waals surface area (Å²) < 4.78 is 1.67. The molecule has 0 bridgehead atoms. The van der Waals surface area contributed by atoms with Crippen molar-refractivity contribution in [2.45, 2.75) is 33.2 Å². The number of benzene rings is 2. The van der Waals surface area contributed by atoms with E-state index < -0.39 is 0 Å². The van der Waals surface area contributed by atoms with Crippen molar-refractivity contribution in [3.8, 4) is 0 Å². The highest BCUT2D eigenvalue weighted by molar-refractivity contribution is 6.30. The number of nitrogens with zero attached hydrogens (tertiary/aromatic N) is 4. The number of hydrogen-bond donors (Lipinski definition) is 2. The number of anilines is 2. The lowest BCUT2D eigenvalue weighted by Crippen LogP contribution is -2.14. The lowest BCUT2D eigenvalue weighted by molar-refractivity contribution is -0.116. The Kier molecular flexibility index (Phi) is 6.13. The molecule has 158 valence electrons. The third kappa shape index (κ3) is 5.19. The van der Waals surface area contributed by atoms with E-state index in [4.69, 9.17) is 11.6 Å². The molecule has 0 spiro atoms. The Morgan fingerprint density at radius 1 is 1.00 bits per heavy atom. The number of nitrogens with one attached hydrogen (secondary N) is 2. The molecule has 0 saturated heterocycles. The number of carbonyl (C=O) groups is 1. The van der Waals surface area contributed by atoms with Crippen LogP contribution in [-0.2, 0) is 17.8 Å². The fourth-order valence-electron chi connectivity index (χ4n) is 3.15. The average molecular weight is 435 g/mol. The van der Waals surface area contributed by atoms with Gasteiger partial charge in [-0.3, -0.25) is 4.79 Å². The maximum atomic E-state index is 12.4. The van der Waals surface area contributed by atoms with Crippen LogP contribution in [-0.4, -0.2) is 25.7 Å². The Morgan fingerprint density at radius 2 is 1.81 bits per heavy atom. The first-order chi connectivity index (χ1) is 15.0. The molecule has 8 heteroatoms. The van der Waals surface area contributed by atoms with E-state index in [-0.39, 0.29) is 12.3 Å². The number of aromatic nitrogens is 4. The zero-order chi connectivity index (χ0) is 21.8. The molecule has 2 aromatic heterocycles. The first-order valence-electron chi connectivity index (χ1n) is 10.0. The van der Waals surface area contributed by atoms with Gasteiger partial charge in [-0.1, -0.05) is 29.8 Å². The number of halogens is 1. The van der Waals surface area contributed by atoms with Crippen LogP contribution in [0.4, 0.5) is 11.5 Å². The van der Waals surface area contributed by atoms with Crippen molar-refractivity contribution in [3.63, 3.8) is 0 Å². The molecule has 0 atom stereocenters. The molecule has 0 aliphatic rings. The maximum absolute atomic E-state index is 12.4. The van der Waals surface area contributed by atoms with Gasteiger partial charge in [0, 0.05) is 30.1 Å². The topological polar surface area (TPSA) is 84.2 Å². The highest BCUT2D eigenvalue weighted by Crippen LogP contribution is 2.15. The Hall–Kier alpha value is -3.45. The van der Waals surface area contributed by atoms with Crippen molar-refractivity contribution in [1.29, 1.82) is 0 Å². The molecule has 0 unspecified atom stereocenters. The molecule has 1 amide bonds. The van der Waals surface area contributed by atoms with E-state index in [1.54, 1.807) is 4.52 Å². The summed E-state index contributed by atoms with van der Waals surface area (Å²) in [6, 6.07) is 17.2. The van der Waals surface area contributed by atoms with Crippen molar-refractivity contribution in [2.24, 2.45) is 0 Å². The van der Waals surface area contributed by atoms with Crippen LogP contribution in [0.1, 0.15) is 28.9 Å². The molecule has 2 aromatic carbocycles. The molecule has 0 aliphatic carbocycles. The Balaban J connectivity index is 1.39. The van der Waals surface area contributed by atoms with Crippen molar-refractivity contribution in [2.75, 3.05) is 10.6 Å². The van der Waals surface area contributed by atoms with E-state index in [2.05, 4.69) is 25.9 Å².